The molecule has 0 radical (unpaired) electrons. The van der Waals surface area contributed by atoms with Gasteiger partial charge in [0.25, 0.3) is 0 Å². The molecule has 6 nitrogen and oxygen atoms in total. The van der Waals surface area contributed by atoms with Gasteiger partial charge in [0.2, 0.25) is 11.8 Å². The number of hydrogen-bond donors (Lipinski definition) is 1. The van der Waals surface area contributed by atoms with Crippen LogP contribution >= 0.6 is 11.6 Å². The minimum absolute atomic E-state index is 0.0153. The Labute approximate surface area is 181 Å². The van der Waals surface area contributed by atoms with E-state index >= 15 is 0 Å². The van der Waals surface area contributed by atoms with Gasteiger partial charge in [0.05, 0.1) is 11.1 Å². The molecule has 3 rings (SSSR count). The highest BCUT2D eigenvalue weighted by atomic mass is 35.5. The van der Waals surface area contributed by atoms with Gasteiger partial charge in [-0.3, -0.25) is 9.59 Å². The normalized spacial score (nSPS) is 20.9. The van der Waals surface area contributed by atoms with E-state index in [0.29, 0.717) is 38.2 Å². The fraction of sp³-hybridized carbons (Fsp3) is 0.545. The molecule has 2 fully saturated rings. The number of rotatable bonds is 7. The van der Waals surface area contributed by atoms with Gasteiger partial charge in [-0.05, 0) is 49.6 Å². The number of β-amino-alcohol motifs (C(OH)–C–C–N with tert-alkyl or cyclic N) is 1. The highest BCUT2D eigenvalue weighted by molar-refractivity contribution is 6.30. The van der Waals surface area contributed by atoms with Crippen molar-refractivity contribution in [2.45, 2.75) is 31.8 Å². The van der Waals surface area contributed by atoms with Crippen LogP contribution < -0.4 is 0 Å². The van der Waals surface area contributed by atoms with Crippen LogP contribution in [0.1, 0.15) is 31.2 Å². The summed E-state index contributed by atoms with van der Waals surface area (Å²) in [5, 5.41) is 9.58. The van der Waals surface area contributed by atoms with Gasteiger partial charge in [-0.15, -0.1) is 0 Å². The van der Waals surface area contributed by atoms with Crippen LogP contribution in [0.2, 0.25) is 5.02 Å². The first-order valence-electron chi connectivity index (χ1n) is 10.5. The minimum Gasteiger partial charge on any atom is -0.392 e. The third-order valence-electron chi connectivity index (χ3n) is 5.66. The first kappa shape index (κ1) is 22.7. The van der Waals surface area contributed by atoms with Crippen LogP contribution in [0.3, 0.4) is 0 Å². The largest absolute Gasteiger partial charge is 0.392 e. The maximum Gasteiger partial charge on any atom is 0.246 e. The van der Waals surface area contributed by atoms with Gasteiger partial charge in [0, 0.05) is 51.8 Å². The highest BCUT2D eigenvalue weighted by Gasteiger charge is 2.23. The second-order valence-electron chi connectivity index (χ2n) is 7.91. The van der Waals surface area contributed by atoms with Gasteiger partial charge in [0.15, 0.2) is 0 Å². The number of amides is 2. The molecule has 1 aromatic rings. The molecule has 0 saturated carbocycles. The summed E-state index contributed by atoms with van der Waals surface area (Å²) in [5.41, 5.74) is 0.646. The number of benzene rings is 1. The average Bonchev–Trinajstić information content (AvgIpc) is 3.05. The zero-order chi connectivity index (χ0) is 21.5. The minimum atomic E-state index is -0.496. The van der Waals surface area contributed by atoms with E-state index < -0.39 is 5.82 Å². The molecule has 0 aromatic heterocycles. The summed E-state index contributed by atoms with van der Waals surface area (Å²) in [6, 6.07) is 4.29. The molecule has 2 saturated heterocycles. The number of carbonyl (C=O) groups excluding carboxylic acids is 2. The average molecular weight is 438 g/mol. The number of unbranched alkanes of at least 4 members (excludes halogenated alkanes) is 1. The Morgan fingerprint density at radius 1 is 1.20 bits per heavy atom. The Balaban J connectivity index is 1.43. The van der Waals surface area contributed by atoms with E-state index in [4.69, 9.17) is 11.6 Å². The third-order valence-corrected chi connectivity index (χ3v) is 5.95. The van der Waals surface area contributed by atoms with Crippen LogP contribution in [0, 0.1) is 5.82 Å². The molecular formula is C22H29ClFN3O3. The number of carbonyl (C=O) groups is 2. The van der Waals surface area contributed by atoms with E-state index in [1.54, 1.807) is 17.0 Å². The van der Waals surface area contributed by atoms with Crippen molar-refractivity contribution in [2.24, 2.45) is 0 Å². The highest BCUT2D eigenvalue weighted by Crippen LogP contribution is 2.17. The molecule has 0 spiro atoms. The molecule has 30 heavy (non-hydrogen) atoms. The molecule has 0 aliphatic carbocycles. The van der Waals surface area contributed by atoms with Crippen molar-refractivity contribution in [3.63, 3.8) is 0 Å². The summed E-state index contributed by atoms with van der Waals surface area (Å²) >= 11 is 5.77. The van der Waals surface area contributed by atoms with Crippen molar-refractivity contribution in [1.29, 1.82) is 0 Å². The topological polar surface area (TPSA) is 64.1 Å². The molecule has 2 amide bonds. The van der Waals surface area contributed by atoms with Crippen molar-refractivity contribution in [2.75, 3.05) is 45.8 Å². The second-order valence-corrected chi connectivity index (χ2v) is 8.32. The van der Waals surface area contributed by atoms with Crippen LogP contribution in [0.25, 0.3) is 6.08 Å². The molecule has 8 heteroatoms. The zero-order valence-corrected chi connectivity index (χ0v) is 17.9. The van der Waals surface area contributed by atoms with Gasteiger partial charge < -0.3 is 19.8 Å². The van der Waals surface area contributed by atoms with Crippen molar-refractivity contribution in [3.8, 4) is 0 Å². The SMILES string of the molecule is O=C(C=Cc1ccc(F)c(Cl)c1)N1CCC(=O)N(CCCCN2CCC(O)C2)CC1. The molecule has 1 unspecified atom stereocenters. The van der Waals surface area contributed by atoms with Crippen LogP contribution in [0.4, 0.5) is 4.39 Å². The molecule has 2 heterocycles. The van der Waals surface area contributed by atoms with Crippen molar-refractivity contribution in [3.05, 3.63) is 40.7 Å². The molecule has 1 aromatic carbocycles. The summed E-state index contributed by atoms with van der Waals surface area (Å²) < 4.78 is 13.2. The number of halogens is 2. The van der Waals surface area contributed by atoms with E-state index in [1.807, 2.05) is 4.90 Å². The third kappa shape index (κ3) is 6.52. The van der Waals surface area contributed by atoms with Crippen molar-refractivity contribution < 1.29 is 19.1 Å². The van der Waals surface area contributed by atoms with E-state index in [2.05, 4.69) is 4.90 Å². The lowest BCUT2D eigenvalue weighted by Gasteiger charge is -2.22. The van der Waals surface area contributed by atoms with Crippen LogP contribution in [0.5, 0.6) is 0 Å². The summed E-state index contributed by atoms with van der Waals surface area (Å²) in [6.07, 6.45) is 5.91. The molecule has 2 aliphatic heterocycles. The molecule has 0 bridgehead atoms. The summed E-state index contributed by atoms with van der Waals surface area (Å²) in [5.74, 6) is -0.585. The van der Waals surface area contributed by atoms with Crippen LogP contribution in [-0.2, 0) is 9.59 Å². The zero-order valence-electron chi connectivity index (χ0n) is 17.1. The van der Waals surface area contributed by atoms with Gasteiger partial charge in [-0.2, -0.15) is 0 Å². The van der Waals surface area contributed by atoms with Gasteiger partial charge in [0.1, 0.15) is 5.82 Å². The molecule has 1 atom stereocenters. The summed E-state index contributed by atoms with van der Waals surface area (Å²) in [4.78, 5) is 30.7. The number of aliphatic hydroxyl groups is 1. The van der Waals surface area contributed by atoms with Crippen LogP contribution in [0.15, 0.2) is 24.3 Å². The lowest BCUT2D eigenvalue weighted by Crippen LogP contribution is -2.35. The smallest absolute Gasteiger partial charge is 0.246 e. The fourth-order valence-electron chi connectivity index (χ4n) is 3.87. The second kappa shape index (κ2) is 10.9. The van der Waals surface area contributed by atoms with Crippen molar-refractivity contribution in [1.82, 2.24) is 14.7 Å². The standard InChI is InChI=1S/C22H29ClFN3O3/c23-19-15-17(3-5-20(19)24)4-6-21(29)27-12-8-22(30)26(13-14-27)10-2-1-9-25-11-7-18(28)16-25/h3-6,15,18,28H,1-2,7-14,16H2. The van der Waals surface area contributed by atoms with Gasteiger partial charge >= 0.3 is 0 Å². The summed E-state index contributed by atoms with van der Waals surface area (Å²) in [7, 11) is 0. The van der Waals surface area contributed by atoms with E-state index in [9.17, 15) is 19.1 Å². The lowest BCUT2D eigenvalue weighted by molar-refractivity contribution is -0.130. The lowest BCUT2D eigenvalue weighted by atomic mass is 10.2. The fourth-order valence-corrected chi connectivity index (χ4v) is 4.05. The van der Waals surface area contributed by atoms with E-state index in [0.717, 1.165) is 38.9 Å². The Morgan fingerprint density at radius 3 is 2.73 bits per heavy atom. The number of likely N-dealkylation sites (tertiary alicyclic amines) is 1. The molecular weight excluding hydrogens is 409 g/mol. The number of nitrogens with zero attached hydrogens (tertiary/aromatic N) is 3. The number of aliphatic hydroxyl groups excluding tert-OH is 1. The maximum atomic E-state index is 13.2. The Kier molecular flexibility index (Phi) is 8.24. The summed E-state index contributed by atoms with van der Waals surface area (Å²) in [6.45, 7) is 4.76. The predicted molar refractivity (Wildman–Crippen MR) is 115 cm³/mol. The van der Waals surface area contributed by atoms with E-state index in [1.165, 1.54) is 18.2 Å². The van der Waals surface area contributed by atoms with Gasteiger partial charge in [-0.1, -0.05) is 17.7 Å². The number of hydrogen-bond acceptors (Lipinski definition) is 4. The quantitative estimate of drug-likeness (QED) is 0.525. The van der Waals surface area contributed by atoms with Gasteiger partial charge in [-0.25, -0.2) is 4.39 Å². The maximum absolute atomic E-state index is 13.2. The van der Waals surface area contributed by atoms with Crippen LogP contribution in [-0.4, -0.2) is 83.5 Å². The molecule has 164 valence electrons. The monoisotopic (exact) mass is 437 g/mol. The first-order valence-corrected chi connectivity index (χ1v) is 10.9. The van der Waals surface area contributed by atoms with E-state index in [-0.39, 0.29) is 22.9 Å². The Hall–Kier alpha value is -1.96. The molecule has 1 N–H and O–H groups in total. The Bertz CT molecular complexity index is 789. The predicted octanol–water partition coefficient (Wildman–Crippen LogP) is 2.40. The van der Waals surface area contributed by atoms with Crippen molar-refractivity contribution >= 4 is 29.5 Å². The first-order chi connectivity index (χ1) is 14.4. The Morgan fingerprint density at radius 2 is 2.00 bits per heavy atom. The molecule has 2 aliphatic rings.